The number of benzene rings is 1. The molecule has 1 atom stereocenters. The molecule has 1 fully saturated rings. The molecule has 2 heterocycles. The summed E-state index contributed by atoms with van der Waals surface area (Å²) in [6, 6.07) is 15.9. The molecule has 1 saturated heterocycles. The van der Waals surface area contributed by atoms with E-state index in [1.807, 2.05) is 36.4 Å². The summed E-state index contributed by atoms with van der Waals surface area (Å²) in [6.07, 6.45) is 2.87. The van der Waals surface area contributed by atoms with Gasteiger partial charge in [-0.3, -0.25) is 14.6 Å². The number of nitrogens with one attached hydrogen (secondary N) is 1. The highest BCUT2D eigenvalue weighted by molar-refractivity contribution is 5.89. The second-order valence-electron chi connectivity index (χ2n) is 7.06. The van der Waals surface area contributed by atoms with Gasteiger partial charge in [-0.05, 0) is 37.6 Å². The zero-order chi connectivity index (χ0) is 19.8. The molecule has 1 unspecified atom stereocenters. The number of nitrogens with zero attached hydrogens (tertiary/aromatic N) is 3. The summed E-state index contributed by atoms with van der Waals surface area (Å²) in [4.78, 5) is 32.9. The van der Waals surface area contributed by atoms with Gasteiger partial charge in [-0.15, -0.1) is 0 Å². The summed E-state index contributed by atoms with van der Waals surface area (Å²) in [5.41, 5.74) is 2.04. The molecule has 1 aliphatic rings. The first-order chi connectivity index (χ1) is 13.7. The number of hydrogen-bond acceptors (Lipinski definition) is 4. The number of carbonyl (C=O) groups is 2. The van der Waals surface area contributed by atoms with Gasteiger partial charge in [0.2, 0.25) is 11.8 Å². The highest BCUT2D eigenvalue weighted by Crippen LogP contribution is 2.20. The van der Waals surface area contributed by atoms with Gasteiger partial charge in [0.05, 0.1) is 18.2 Å². The van der Waals surface area contributed by atoms with Crippen LogP contribution in [0.2, 0.25) is 0 Å². The SMILES string of the molecule is CCN(CCCNC(=O)C1CC(=O)N(Cc2ccccn2)C1)c1ccccc1. The topological polar surface area (TPSA) is 65.5 Å². The van der Waals surface area contributed by atoms with Crippen molar-refractivity contribution < 1.29 is 9.59 Å². The standard InChI is InChI=1S/C22H28N4O2/c1-2-25(20-10-4-3-5-11-20)14-8-13-24-22(28)18-15-21(27)26(16-18)17-19-9-6-7-12-23-19/h3-7,9-12,18H,2,8,13-17H2,1H3,(H,24,28). The van der Waals surface area contributed by atoms with Gasteiger partial charge in [-0.2, -0.15) is 0 Å². The lowest BCUT2D eigenvalue weighted by Gasteiger charge is -2.23. The lowest BCUT2D eigenvalue weighted by atomic mass is 10.1. The Balaban J connectivity index is 1.41. The monoisotopic (exact) mass is 380 g/mol. The molecular formula is C22H28N4O2. The molecule has 2 aromatic rings. The van der Waals surface area contributed by atoms with E-state index in [9.17, 15) is 9.59 Å². The Morgan fingerprint density at radius 1 is 1.21 bits per heavy atom. The normalized spacial score (nSPS) is 16.2. The molecule has 0 aliphatic carbocycles. The van der Waals surface area contributed by atoms with Crippen molar-refractivity contribution >= 4 is 17.5 Å². The van der Waals surface area contributed by atoms with Crippen LogP contribution in [0.3, 0.4) is 0 Å². The number of aromatic nitrogens is 1. The average molecular weight is 380 g/mol. The molecule has 1 aromatic carbocycles. The molecule has 1 N–H and O–H groups in total. The third-order valence-corrected chi connectivity index (χ3v) is 5.07. The molecule has 28 heavy (non-hydrogen) atoms. The van der Waals surface area contributed by atoms with Gasteiger partial charge in [0.1, 0.15) is 0 Å². The van der Waals surface area contributed by atoms with Crippen LogP contribution in [0.15, 0.2) is 54.7 Å². The molecule has 1 aliphatic heterocycles. The maximum Gasteiger partial charge on any atom is 0.225 e. The zero-order valence-electron chi connectivity index (χ0n) is 16.4. The van der Waals surface area contributed by atoms with E-state index >= 15 is 0 Å². The maximum absolute atomic E-state index is 12.5. The fraction of sp³-hybridized carbons (Fsp3) is 0.409. The van der Waals surface area contributed by atoms with Crippen molar-refractivity contribution in [2.24, 2.45) is 5.92 Å². The van der Waals surface area contributed by atoms with E-state index in [0.717, 1.165) is 25.2 Å². The van der Waals surface area contributed by atoms with Gasteiger partial charge in [0, 0.05) is 44.5 Å². The molecular weight excluding hydrogens is 352 g/mol. The third-order valence-electron chi connectivity index (χ3n) is 5.07. The number of anilines is 1. The smallest absolute Gasteiger partial charge is 0.225 e. The van der Waals surface area contributed by atoms with E-state index in [2.05, 4.69) is 34.3 Å². The van der Waals surface area contributed by atoms with Crippen LogP contribution < -0.4 is 10.2 Å². The quantitative estimate of drug-likeness (QED) is 0.679. The van der Waals surface area contributed by atoms with Crippen LogP contribution in [0.4, 0.5) is 5.69 Å². The van der Waals surface area contributed by atoms with Crippen LogP contribution in [0, 0.1) is 5.92 Å². The van der Waals surface area contributed by atoms with E-state index in [4.69, 9.17) is 0 Å². The highest BCUT2D eigenvalue weighted by atomic mass is 16.2. The van der Waals surface area contributed by atoms with Gasteiger partial charge in [0.25, 0.3) is 0 Å². The largest absolute Gasteiger partial charge is 0.372 e. The van der Waals surface area contributed by atoms with Crippen LogP contribution in [-0.4, -0.2) is 47.9 Å². The number of carbonyl (C=O) groups excluding carboxylic acids is 2. The van der Waals surface area contributed by atoms with E-state index in [1.54, 1.807) is 11.1 Å². The second kappa shape index (κ2) is 9.88. The van der Waals surface area contributed by atoms with Crippen LogP contribution in [0.5, 0.6) is 0 Å². The maximum atomic E-state index is 12.5. The Labute approximate surface area is 166 Å². The fourth-order valence-electron chi connectivity index (χ4n) is 3.52. The Morgan fingerprint density at radius 3 is 2.71 bits per heavy atom. The highest BCUT2D eigenvalue weighted by Gasteiger charge is 2.34. The van der Waals surface area contributed by atoms with E-state index < -0.39 is 0 Å². The zero-order valence-corrected chi connectivity index (χ0v) is 16.4. The Bertz CT molecular complexity index is 767. The lowest BCUT2D eigenvalue weighted by Crippen LogP contribution is -2.35. The summed E-state index contributed by atoms with van der Waals surface area (Å²) in [5.74, 6) is -0.278. The summed E-state index contributed by atoms with van der Waals surface area (Å²) >= 11 is 0. The van der Waals surface area contributed by atoms with Crippen molar-refractivity contribution in [3.8, 4) is 0 Å². The van der Waals surface area contributed by atoms with E-state index in [1.165, 1.54) is 5.69 Å². The van der Waals surface area contributed by atoms with Crippen LogP contribution >= 0.6 is 0 Å². The van der Waals surface area contributed by atoms with Gasteiger partial charge < -0.3 is 15.1 Å². The summed E-state index contributed by atoms with van der Waals surface area (Å²) < 4.78 is 0. The van der Waals surface area contributed by atoms with Crippen molar-refractivity contribution in [1.29, 1.82) is 0 Å². The van der Waals surface area contributed by atoms with Crippen molar-refractivity contribution in [3.63, 3.8) is 0 Å². The molecule has 0 spiro atoms. The van der Waals surface area contributed by atoms with Gasteiger partial charge in [0.15, 0.2) is 0 Å². The van der Waals surface area contributed by atoms with Crippen LogP contribution in [0.25, 0.3) is 0 Å². The molecule has 2 amide bonds. The molecule has 148 valence electrons. The van der Waals surface area contributed by atoms with Crippen molar-refractivity contribution in [2.45, 2.75) is 26.3 Å². The van der Waals surface area contributed by atoms with Crippen LogP contribution in [-0.2, 0) is 16.1 Å². The summed E-state index contributed by atoms with van der Waals surface area (Å²) in [5, 5.41) is 3.00. The molecule has 6 heteroatoms. The van der Waals surface area contributed by atoms with Crippen LogP contribution in [0.1, 0.15) is 25.5 Å². The van der Waals surface area contributed by atoms with Gasteiger partial charge in [-0.1, -0.05) is 24.3 Å². The number of likely N-dealkylation sites (tertiary alicyclic amines) is 1. The first-order valence-electron chi connectivity index (χ1n) is 9.92. The molecule has 6 nitrogen and oxygen atoms in total. The first kappa shape index (κ1) is 19.9. The predicted molar refractivity (Wildman–Crippen MR) is 110 cm³/mol. The lowest BCUT2D eigenvalue weighted by molar-refractivity contribution is -0.129. The summed E-state index contributed by atoms with van der Waals surface area (Å²) in [6.45, 7) is 5.49. The minimum absolute atomic E-state index is 0.0204. The average Bonchev–Trinajstić information content (AvgIpc) is 3.10. The number of para-hydroxylation sites is 1. The molecule has 1 aromatic heterocycles. The minimum Gasteiger partial charge on any atom is -0.372 e. The molecule has 0 radical (unpaired) electrons. The number of hydrogen-bond donors (Lipinski definition) is 1. The Morgan fingerprint density at radius 2 is 2.00 bits per heavy atom. The van der Waals surface area contributed by atoms with Gasteiger partial charge in [-0.25, -0.2) is 0 Å². The van der Waals surface area contributed by atoms with Crippen molar-refractivity contribution in [1.82, 2.24) is 15.2 Å². The van der Waals surface area contributed by atoms with Gasteiger partial charge >= 0.3 is 0 Å². The fourth-order valence-corrected chi connectivity index (χ4v) is 3.52. The minimum atomic E-state index is -0.271. The molecule has 3 rings (SSSR count). The Hall–Kier alpha value is -2.89. The second-order valence-corrected chi connectivity index (χ2v) is 7.06. The first-order valence-corrected chi connectivity index (χ1v) is 9.92. The van der Waals surface area contributed by atoms with E-state index in [0.29, 0.717) is 19.6 Å². The van der Waals surface area contributed by atoms with Crippen molar-refractivity contribution in [2.75, 3.05) is 31.1 Å². The van der Waals surface area contributed by atoms with E-state index in [-0.39, 0.29) is 24.2 Å². The molecule has 0 saturated carbocycles. The molecule has 0 bridgehead atoms. The number of pyridine rings is 1. The third kappa shape index (κ3) is 5.31. The number of rotatable bonds is 9. The Kier molecular flexibility index (Phi) is 7.00. The van der Waals surface area contributed by atoms with Crippen molar-refractivity contribution in [3.05, 3.63) is 60.4 Å². The predicted octanol–water partition coefficient (Wildman–Crippen LogP) is 2.46. The number of amides is 2. The summed E-state index contributed by atoms with van der Waals surface area (Å²) in [7, 11) is 0.